The number of para-hydroxylation sites is 2. The summed E-state index contributed by atoms with van der Waals surface area (Å²) < 4.78 is 2.73. The van der Waals surface area contributed by atoms with Crippen LogP contribution in [0.25, 0.3) is 32.3 Å². The fourth-order valence-corrected chi connectivity index (χ4v) is 12.5. The van der Waals surface area contributed by atoms with Crippen LogP contribution >= 0.6 is 11.3 Å². The number of thiophene rings is 1. The monoisotopic (exact) mass is 770 g/mol. The maximum Gasteiger partial charge on any atom is 0.264 e. The summed E-state index contributed by atoms with van der Waals surface area (Å²) in [5.41, 5.74) is 22.0. The molecule has 59 heavy (non-hydrogen) atoms. The van der Waals surface area contributed by atoms with E-state index in [1.54, 1.807) is 0 Å². The zero-order valence-electron chi connectivity index (χ0n) is 33.2. The van der Waals surface area contributed by atoms with E-state index in [1.807, 2.05) is 11.3 Å². The van der Waals surface area contributed by atoms with E-state index in [9.17, 15) is 0 Å². The maximum absolute atomic E-state index is 2.59. The lowest BCUT2D eigenvalue weighted by molar-refractivity contribution is 0.590. The summed E-state index contributed by atoms with van der Waals surface area (Å²) in [6.45, 7) is 6.98. The highest BCUT2D eigenvalue weighted by Gasteiger charge is 2.52. The van der Waals surface area contributed by atoms with Crippen LogP contribution < -0.4 is 25.5 Å². The first-order valence-electron chi connectivity index (χ1n) is 20.8. The van der Waals surface area contributed by atoms with Crippen molar-refractivity contribution in [3.63, 3.8) is 0 Å². The third kappa shape index (κ3) is 4.27. The van der Waals surface area contributed by atoms with Gasteiger partial charge in [0.15, 0.2) is 0 Å². The van der Waals surface area contributed by atoms with E-state index < -0.39 is 0 Å². The van der Waals surface area contributed by atoms with Gasteiger partial charge in [-0.25, -0.2) is 0 Å². The maximum atomic E-state index is 2.59. The molecule has 0 amide bonds. The lowest BCUT2D eigenvalue weighted by atomic mass is 9.36. The topological polar surface area (TPSA) is 6.48 Å². The second-order valence-corrected chi connectivity index (χ2v) is 18.7. The highest BCUT2D eigenvalue weighted by Crippen LogP contribution is 2.64. The molecule has 0 unspecified atom stereocenters. The summed E-state index contributed by atoms with van der Waals surface area (Å²) in [6.07, 6.45) is 0. The smallest absolute Gasteiger partial charge is 0.264 e. The quantitative estimate of drug-likeness (QED) is 0.162. The molecule has 9 aromatic rings. The molecule has 0 bridgehead atoms. The van der Waals surface area contributed by atoms with Crippen molar-refractivity contribution in [1.29, 1.82) is 0 Å². The number of nitrogens with zero attached hydrogens (tertiary/aromatic N) is 2. The Kier molecular flexibility index (Phi) is 6.64. The minimum absolute atomic E-state index is 0.0545. The van der Waals surface area contributed by atoms with Gasteiger partial charge in [-0.1, -0.05) is 148 Å². The van der Waals surface area contributed by atoms with Crippen LogP contribution in [-0.4, -0.2) is 6.71 Å². The number of fused-ring (bicyclic) bond motifs is 16. The van der Waals surface area contributed by atoms with Crippen LogP contribution in [0.5, 0.6) is 0 Å². The Morgan fingerprint density at radius 3 is 1.68 bits per heavy atom. The Morgan fingerprint density at radius 1 is 0.475 bits per heavy atom. The van der Waals surface area contributed by atoms with Gasteiger partial charge in [0.2, 0.25) is 0 Å². The van der Waals surface area contributed by atoms with Crippen molar-refractivity contribution in [3.8, 4) is 22.3 Å². The van der Waals surface area contributed by atoms with Gasteiger partial charge in [0.05, 0.1) is 11.1 Å². The average Bonchev–Trinajstić information content (AvgIpc) is 3.89. The molecule has 3 heterocycles. The molecule has 0 saturated heterocycles. The largest absolute Gasteiger partial charge is 0.311 e. The minimum atomic E-state index is -0.385. The van der Waals surface area contributed by atoms with Gasteiger partial charge >= 0.3 is 0 Å². The molecule has 4 aliphatic rings. The molecule has 2 aliphatic heterocycles. The normalized spacial score (nSPS) is 14.7. The lowest BCUT2D eigenvalue weighted by Gasteiger charge is -2.43. The summed E-state index contributed by atoms with van der Waals surface area (Å²) in [6, 6.07) is 68.9. The summed E-state index contributed by atoms with van der Waals surface area (Å²) in [5.74, 6) is 0. The summed E-state index contributed by atoms with van der Waals surface area (Å²) in [7, 11) is 0. The van der Waals surface area contributed by atoms with Crippen LogP contribution in [0.2, 0.25) is 0 Å². The van der Waals surface area contributed by atoms with Crippen molar-refractivity contribution in [2.45, 2.75) is 31.6 Å². The van der Waals surface area contributed by atoms with Gasteiger partial charge in [-0.3, -0.25) is 0 Å². The van der Waals surface area contributed by atoms with Gasteiger partial charge in [-0.2, -0.15) is 0 Å². The van der Waals surface area contributed by atoms with Gasteiger partial charge in [0, 0.05) is 43.3 Å². The van der Waals surface area contributed by atoms with E-state index in [-0.39, 0.29) is 17.5 Å². The van der Waals surface area contributed by atoms with E-state index in [0.717, 1.165) is 0 Å². The summed E-state index contributed by atoms with van der Waals surface area (Å²) in [5, 5.41) is 1.31. The lowest BCUT2D eigenvalue weighted by Crippen LogP contribution is -2.60. The third-order valence-corrected chi connectivity index (χ3v) is 14.8. The van der Waals surface area contributed by atoms with Gasteiger partial charge in [0.25, 0.3) is 6.71 Å². The Balaban J connectivity index is 1.13. The van der Waals surface area contributed by atoms with Crippen LogP contribution in [-0.2, 0) is 10.8 Å². The van der Waals surface area contributed by atoms with Gasteiger partial charge in [-0.15, -0.1) is 11.3 Å². The summed E-state index contributed by atoms with van der Waals surface area (Å²) >= 11 is 1.99. The Bertz CT molecular complexity index is 3180. The zero-order valence-corrected chi connectivity index (χ0v) is 34.0. The van der Waals surface area contributed by atoms with E-state index in [1.165, 1.54) is 110 Å². The molecule has 0 atom stereocenters. The molecule has 2 aliphatic carbocycles. The molecule has 1 aromatic heterocycles. The van der Waals surface area contributed by atoms with Crippen molar-refractivity contribution >= 4 is 78.0 Å². The van der Waals surface area contributed by atoms with Crippen LogP contribution in [0.15, 0.2) is 182 Å². The van der Waals surface area contributed by atoms with Crippen molar-refractivity contribution < 1.29 is 0 Å². The fraction of sp³-hybridized carbons (Fsp3) is 0.0909. The second kappa shape index (κ2) is 11.7. The molecule has 0 radical (unpaired) electrons. The molecule has 2 nitrogen and oxygen atoms in total. The minimum Gasteiger partial charge on any atom is -0.311 e. The third-order valence-electron chi connectivity index (χ3n) is 13.6. The number of benzene rings is 8. The van der Waals surface area contributed by atoms with E-state index in [2.05, 4.69) is 213 Å². The van der Waals surface area contributed by atoms with E-state index >= 15 is 0 Å². The highest BCUT2D eigenvalue weighted by atomic mass is 32.1. The Hall–Kier alpha value is -6.62. The molecule has 0 saturated carbocycles. The number of hydrogen-bond donors (Lipinski definition) is 0. The zero-order chi connectivity index (χ0) is 39.2. The van der Waals surface area contributed by atoms with Gasteiger partial charge in [0.1, 0.15) is 0 Å². The molecule has 278 valence electrons. The molecule has 13 rings (SSSR count). The molecule has 4 heteroatoms. The van der Waals surface area contributed by atoms with Gasteiger partial charge in [-0.05, 0) is 121 Å². The fourth-order valence-electron chi connectivity index (χ4n) is 11.2. The van der Waals surface area contributed by atoms with Crippen molar-refractivity contribution in [3.05, 3.63) is 210 Å². The highest BCUT2D eigenvalue weighted by molar-refractivity contribution is 7.33. The first-order chi connectivity index (χ1) is 28.9. The predicted molar refractivity (Wildman–Crippen MR) is 251 cm³/mol. The molecular weight excluding hydrogens is 731 g/mol. The van der Waals surface area contributed by atoms with Crippen LogP contribution in [0, 0.1) is 0 Å². The Labute approximate surface area is 349 Å². The standard InChI is InChI=1S/C55H39BN2S/c1-54(2,3)34-28-30-36(31-29-34)58-49-27-15-26-48-51(49)56(46-24-13-14-25-47(46)57(48)35-16-5-4-6-17-35)53-52(58)41-32-40-39-20-9-12-23-44(39)55(45(40)33-50(41)59-53)42-21-10-7-18-37(42)38-19-8-11-22-43(38)55/h4-33H,1-3H3. The summed E-state index contributed by atoms with van der Waals surface area (Å²) in [4.78, 5) is 5.07. The van der Waals surface area contributed by atoms with Gasteiger partial charge < -0.3 is 9.80 Å². The predicted octanol–water partition coefficient (Wildman–Crippen LogP) is 12.6. The average molecular weight is 771 g/mol. The first-order valence-corrected chi connectivity index (χ1v) is 21.6. The molecule has 0 N–H and O–H groups in total. The number of anilines is 6. The van der Waals surface area contributed by atoms with Crippen molar-refractivity contribution in [1.82, 2.24) is 0 Å². The van der Waals surface area contributed by atoms with Crippen LogP contribution in [0.3, 0.4) is 0 Å². The van der Waals surface area contributed by atoms with Crippen molar-refractivity contribution in [2.24, 2.45) is 0 Å². The van der Waals surface area contributed by atoms with E-state index in [4.69, 9.17) is 0 Å². The number of rotatable bonds is 2. The molecule has 8 aromatic carbocycles. The SMILES string of the molecule is CC(C)(C)c1ccc(N2c3cccc4c3B(c3ccccc3N4c3ccccc3)c3sc4cc5c(cc4c32)-c2ccccc2C52c3ccccc3-c3ccccc32)cc1. The molecular formula is C55H39BN2S. The van der Waals surface area contributed by atoms with Crippen molar-refractivity contribution in [2.75, 3.05) is 9.80 Å². The first kappa shape index (κ1) is 33.4. The second-order valence-electron chi connectivity index (χ2n) is 17.6. The molecule has 1 spiro atoms. The number of hydrogen-bond acceptors (Lipinski definition) is 3. The van der Waals surface area contributed by atoms with E-state index in [0.29, 0.717) is 0 Å². The Morgan fingerprint density at radius 2 is 1.02 bits per heavy atom. The van der Waals surface area contributed by atoms with Crippen LogP contribution in [0.4, 0.5) is 34.1 Å². The molecule has 0 fully saturated rings. The van der Waals surface area contributed by atoms with Crippen LogP contribution in [0.1, 0.15) is 48.6 Å².